The monoisotopic (exact) mass is 298 g/mol. The average Bonchev–Trinajstić information content (AvgIpc) is 2.36. The molecule has 0 aliphatic carbocycles. The third-order valence-electron chi connectivity index (χ3n) is 2.78. The molecule has 5 heteroatoms. The lowest BCUT2D eigenvalue weighted by Crippen LogP contribution is -2.39. The number of halogens is 1. The van der Waals surface area contributed by atoms with Gasteiger partial charge in [0, 0.05) is 23.7 Å². The van der Waals surface area contributed by atoms with Crippen LogP contribution in [0, 0.1) is 12.3 Å². The third kappa shape index (κ3) is 5.29. The van der Waals surface area contributed by atoms with Gasteiger partial charge in [-0.2, -0.15) is 0 Å². The van der Waals surface area contributed by atoms with Gasteiger partial charge in [-0.25, -0.2) is 4.79 Å². The minimum Gasteiger partial charge on any atom is -0.496 e. The van der Waals surface area contributed by atoms with Crippen LogP contribution >= 0.6 is 11.6 Å². The fourth-order valence-corrected chi connectivity index (χ4v) is 1.79. The van der Waals surface area contributed by atoms with Gasteiger partial charge in [0.05, 0.1) is 7.11 Å². The molecule has 0 spiro atoms. The first-order valence-electron chi connectivity index (χ1n) is 6.57. The number of aryl methyl sites for hydroxylation is 1. The van der Waals surface area contributed by atoms with Gasteiger partial charge in [0.1, 0.15) is 5.75 Å². The largest absolute Gasteiger partial charge is 0.496 e. The van der Waals surface area contributed by atoms with Crippen molar-refractivity contribution in [2.45, 2.75) is 34.2 Å². The second kappa shape index (κ2) is 6.84. The zero-order valence-corrected chi connectivity index (χ0v) is 13.5. The van der Waals surface area contributed by atoms with E-state index < -0.39 is 0 Å². The summed E-state index contributed by atoms with van der Waals surface area (Å²) in [5.74, 6) is 0.725. The van der Waals surface area contributed by atoms with Crippen molar-refractivity contribution >= 4 is 17.6 Å². The van der Waals surface area contributed by atoms with Crippen LogP contribution < -0.4 is 15.4 Å². The summed E-state index contributed by atoms with van der Waals surface area (Å²) in [6.45, 7) is 9.10. The van der Waals surface area contributed by atoms with E-state index in [0.717, 1.165) is 16.9 Å². The Morgan fingerprint density at radius 2 is 1.95 bits per heavy atom. The quantitative estimate of drug-likeness (QED) is 0.894. The zero-order valence-electron chi connectivity index (χ0n) is 12.8. The molecule has 2 N–H and O–H groups in total. The van der Waals surface area contributed by atoms with Gasteiger partial charge >= 0.3 is 6.03 Å². The first-order chi connectivity index (χ1) is 9.23. The molecule has 0 heterocycles. The first-order valence-corrected chi connectivity index (χ1v) is 6.95. The van der Waals surface area contributed by atoms with E-state index in [0.29, 0.717) is 18.1 Å². The molecule has 2 amide bonds. The Labute approximate surface area is 125 Å². The number of benzene rings is 1. The summed E-state index contributed by atoms with van der Waals surface area (Å²) in [7, 11) is 1.60. The van der Waals surface area contributed by atoms with Crippen molar-refractivity contribution in [1.29, 1.82) is 0 Å². The molecule has 0 unspecified atom stereocenters. The zero-order chi connectivity index (χ0) is 15.3. The van der Waals surface area contributed by atoms with Crippen LogP contribution in [0.25, 0.3) is 0 Å². The predicted molar refractivity (Wildman–Crippen MR) is 82.4 cm³/mol. The lowest BCUT2D eigenvalue weighted by molar-refractivity contribution is 0.235. The molecule has 20 heavy (non-hydrogen) atoms. The maximum Gasteiger partial charge on any atom is 0.315 e. The van der Waals surface area contributed by atoms with E-state index in [9.17, 15) is 4.79 Å². The molecular formula is C15H23ClN2O2. The fourth-order valence-electron chi connectivity index (χ4n) is 1.61. The van der Waals surface area contributed by atoms with E-state index in [-0.39, 0.29) is 11.4 Å². The predicted octanol–water partition coefficient (Wildman–Crippen LogP) is 3.50. The Bertz CT molecular complexity index is 481. The first kappa shape index (κ1) is 16.6. The highest BCUT2D eigenvalue weighted by Gasteiger charge is 2.12. The summed E-state index contributed by atoms with van der Waals surface area (Å²) in [4.78, 5) is 11.7. The molecule has 112 valence electrons. The van der Waals surface area contributed by atoms with Gasteiger partial charge in [-0.1, -0.05) is 32.4 Å². The number of methoxy groups -OCH3 is 1. The second-order valence-corrected chi connectivity index (χ2v) is 6.42. The number of hydrogen-bond acceptors (Lipinski definition) is 2. The molecule has 0 aliphatic rings. The molecule has 0 saturated carbocycles. The second-order valence-electron chi connectivity index (χ2n) is 6.01. The van der Waals surface area contributed by atoms with E-state index in [1.165, 1.54) is 0 Å². The van der Waals surface area contributed by atoms with Crippen LogP contribution in [0.2, 0.25) is 5.02 Å². The lowest BCUT2D eigenvalue weighted by atomic mass is 9.97. The van der Waals surface area contributed by atoms with Crippen molar-refractivity contribution in [3.05, 3.63) is 28.3 Å². The molecule has 0 radical (unpaired) electrons. The lowest BCUT2D eigenvalue weighted by Gasteiger charge is -2.19. The van der Waals surface area contributed by atoms with Crippen LogP contribution in [0.4, 0.5) is 4.79 Å². The number of amides is 2. The number of rotatable bonds is 4. The highest BCUT2D eigenvalue weighted by atomic mass is 35.5. The summed E-state index contributed by atoms with van der Waals surface area (Å²) >= 11 is 6.10. The van der Waals surface area contributed by atoms with Gasteiger partial charge in [0.15, 0.2) is 0 Å². The van der Waals surface area contributed by atoms with Gasteiger partial charge in [-0.3, -0.25) is 0 Å². The molecule has 0 bridgehead atoms. The van der Waals surface area contributed by atoms with Crippen molar-refractivity contribution in [1.82, 2.24) is 10.6 Å². The fraction of sp³-hybridized carbons (Fsp3) is 0.533. The van der Waals surface area contributed by atoms with Gasteiger partial charge in [0.25, 0.3) is 0 Å². The summed E-state index contributed by atoms with van der Waals surface area (Å²) in [5.41, 5.74) is 1.86. The van der Waals surface area contributed by atoms with E-state index in [4.69, 9.17) is 16.3 Å². The van der Waals surface area contributed by atoms with Crippen molar-refractivity contribution in [2.24, 2.45) is 5.41 Å². The Morgan fingerprint density at radius 1 is 1.30 bits per heavy atom. The molecule has 1 aromatic carbocycles. The van der Waals surface area contributed by atoms with Crippen LogP contribution in [-0.2, 0) is 6.54 Å². The number of carbonyl (C=O) groups is 1. The maximum atomic E-state index is 11.7. The van der Waals surface area contributed by atoms with Crippen LogP contribution in [-0.4, -0.2) is 19.7 Å². The number of hydrogen-bond donors (Lipinski definition) is 2. The maximum absolute atomic E-state index is 11.7. The van der Waals surface area contributed by atoms with Gasteiger partial charge in [-0.15, -0.1) is 0 Å². The summed E-state index contributed by atoms with van der Waals surface area (Å²) < 4.78 is 5.30. The van der Waals surface area contributed by atoms with E-state index in [1.54, 1.807) is 7.11 Å². The Kier molecular flexibility index (Phi) is 5.69. The normalized spacial score (nSPS) is 11.1. The van der Waals surface area contributed by atoms with Crippen molar-refractivity contribution in [3.8, 4) is 5.75 Å². The van der Waals surface area contributed by atoms with Gasteiger partial charge < -0.3 is 15.4 Å². The molecule has 4 nitrogen and oxygen atoms in total. The topological polar surface area (TPSA) is 50.4 Å². The molecule has 0 fully saturated rings. The van der Waals surface area contributed by atoms with Gasteiger partial charge in [-0.05, 0) is 30.0 Å². The molecule has 0 aliphatic heterocycles. The van der Waals surface area contributed by atoms with Crippen LogP contribution in [0.1, 0.15) is 31.9 Å². The Balaban J connectivity index is 2.61. The molecule has 0 aromatic heterocycles. The number of nitrogens with one attached hydrogen (secondary N) is 2. The summed E-state index contributed by atoms with van der Waals surface area (Å²) in [6, 6.07) is 3.49. The van der Waals surface area contributed by atoms with E-state index in [2.05, 4.69) is 31.4 Å². The molecule has 0 saturated heterocycles. The van der Waals surface area contributed by atoms with Crippen LogP contribution in [0.5, 0.6) is 5.75 Å². The van der Waals surface area contributed by atoms with Gasteiger partial charge in [0.2, 0.25) is 0 Å². The minimum atomic E-state index is -0.196. The summed E-state index contributed by atoms with van der Waals surface area (Å²) in [5, 5.41) is 6.30. The molecular weight excluding hydrogens is 276 g/mol. The van der Waals surface area contributed by atoms with Crippen molar-refractivity contribution in [2.75, 3.05) is 13.7 Å². The van der Waals surface area contributed by atoms with E-state index >= 15 is 0 Å². The highest BCUT2D eigenvalue weighted by Crippen LogP contribution is 2.26. The summed E-state index contributed by atoms with van der Waals surface area (Å²) in [6.07, 6.45) is 0. The molecule has 0 atom stereocenters. The number of ether oxygens (including phenoxy) is 1. The molecule has 1 rings (SSSR count). The Hall–Kier alpha value is -1.42. The van der Waals surface area contributed by atoms with Crippen LogP contribution in [0.3, 0.4) is 0 Å². The van der Waals surface area contributed by atoms with E-state index in [1.807, 2.05) is 19.1 Å². The number of urea groups is 1. The smallest absolute Gasteiger partial charge is 0.315 e. The SMILES string of the molecule is COc1cc(C)c(Cl)cc1CNC(=O)NCC(C)(C)C. The highest BCUT2D eigenvalue weighted by molar-refractivity contribution is 6.31. The number of carbonyl (C=O) groups excluding carboxylic acids is 1. The van der Waals surface area contributed by atoms with Crippen LogP contribution in [0.15, 0.2) is 12.1 Å². The van der Waals surface area contributed by atoms with Crippen molar-refractivity contribution < 1.29 is 9.53 Å². The average molecular weight is 299 g/mol. The van der Waals surface area contributed by atoms with Crippen molar-refractivity contribution in [3.63, 3.8) is 0 Å². The Morgan fingerprint density at radius 3 is 2.50 bits per heavy atom. The minimum absolute atomic E-state index is 0.0577. The molecule has 1 aromatic rings. The standard InChI is InChI=1S/C15H23ClN2O2/c1-10-6-13(20-5)11(7-12(10)16)8-17-14(19)18-9-15(2,3)4/h6-7H,8-9H2,1-5H3,(H2,17,18,19). The third-order valence-corrected chi connectivity index (χ3v) is 3.19.